The molecule has 0 radical (unpaired) electrons. The maximum absolute atomic E-state index is 14.3. The van der Waals surface area contributed by atoms with Gasteiger partial charge >= 0.3 is 11.9 Å². The summed E-state index contributed by atoms with van der Waals surface area (Å²) in [5.41, 5.74) is -6.26. The molecule has 2 heterocycles. The predicted octanol–water partition coefficient (Wildman–Crippen LogP) is 7.16. The Morgan fingerprint density at radius 2 is 1.27 bits per heavy atom. The third-order valence-corrected chi connectivity index (χ3v) is 11.0. The number of ether oxygens (including phenoxy) is 2. The smallest absolute Gasteiger partial charge is 0.342 e. The highest BCUT2D eigenvalue weighted by Gasteiger charge is 2.62. The number of aliphatic hydroxyl groups is 1. The average molecular weight is 575 g/mol. The summed E-state index contributed by atoms with van der Waals surface area (Å²) in [5, 5.41) is 12.2. The summed E-state index contributed by atoms with van der Waals surface area (Å²) in [6.07, 6.45) is 8.18. The molecule has 9 heteroatoms. The highest BCUT2D eigenvalue weighted by molar-refractivity contribution is 6.74. The summed E-state index contributed by atoms with van der Waals surface area (Å²) in [7, 11) is -2.89. The number of carbonyl (C=O) groups excluding carboxylic acids is 2. The Bertz CT molecular complexity index is 1130. The number of hydrogen-bond acceptors (Lipinski definition) is 8. The molecular formula is C31H46O8Si. The van der Waals surface area contributed by atoms with Gasteiger partial charge in [-0.25, -0.2) is 4.79 Å². The lowest BCUT2D eigenvalue weighted by molar-refractivity contribution is -0.198. The van der Waals surface area contributed by atoms with E-state index in [0.29, 0.717) is 11.5 Å². The largest absolute Gasteiger partial charge is 0.465 e. The molecule has 2 aromatic rings. The van der Waals surface area contributed by atoms with E-state index in [0.717, 1.165) is 0 Å². The third kappa shape index (κ3) is 8.81. The number of hydrogen-bond donors (Lipinski definition) is 1. The van der Waals surface area contributed by atoms with Gasteiger partial charge in [-0.3, -0.25) is 4.79 Å². The molecule has 1 N–H and O–H groups in total. The zero-order valence-electron chi connectivity index (χ0n) is 25.8. The molecule has 0 saturated heterocycles. The van der Waals surface area contributed by atoms with Crippen LogP contribution in [0.25, 0.3) is 12.2 Å². The van der Waals surface area contributed by atoms with Gasteiger partial charge in [0.25, 0.3) is 0 Å². The van der Waals surface area contributed by atoms with Gasteiger partial charge in [0.1, 0.15) is 28.3 Å². The van der Waals surface area contributed by atoms with E-state index in [1.165, 1.54) is 36.8 Å². The number of esters is 2. The molecule has 0 spiro atoms. The van der Waals surface area contributed by atoms with Crippen LogP contribution in [0.4, 0.5) is 0 Å². The summed E-state index contributed by atoms with van der Waals surface area (Å²) in [6.45, 7) is 20.2. The molecule has 8 nitrogen and oxygen atoms in total. The van der Waals surface area contributed by atoms with Gasteiger partial charge in [-0.15, -0.1) is 0 Å². The minimum atomic E-state index is -2.89. The summed E-state index contributed by atoms with van der Waals surface area (Å²) in [6, 6.07) is 6.80. The van der Waals surface area contributed by atoms with Crippen LogP contribution in [-0.4, -0.2) is 47.8 Å². The number of rotatable bonds is 10. The fourth-order valence-corrected chi connectivity index (χ4v) is 5.08. The van der Waals surface area contributed by atoms with E-state index in [-0.39, 0.29) is 0 Å². The minimum Gasteiger partial charge on any atom is -0.465 e. The highest BCUT2D eigenvalue weighted by Crippen LogP contribution is 2.46. The van der Waals surface area contributed by atoms with Crippen molar-refractivity contribution in [2.45, 2.75) is 109 Å². The zero-order chi connectivity index (χ0) is 30.6. The molecule has 0 bridgehead atoms. The molecule has 0 aliphatic rings. The van der Waals surface area contributed by atoms with Crippen LogP contribution in [0.15, 0.2) is 57.8 Å². The van der Waals surface area contributed by atoms with E-state index < -0.39 is 54.1 Å². The zero-order valence-corrected chi connectivity index (χ0v) is 26.8. The molecule has 40 heavy (non-hydrogen) atoms. The first-order chi connectivity index (χ1) is 18.1. The Morgan fingerprint density at radius 1 is 0.825 bits per heavy atom. The normalized spacial score (nSPS) is 15.4. The van der Waals surface area contributed by atoms with Crippen molar-refractivity contribution in [2.24, 2.45) is 0 Å². The molecule has 0 fully saturated rings. The van der Waals surface area contributed by atoms with Crippen molar-refractivity contribution >= 4 is 32.4 Å². The Morgan fingerprint density at radius 3 is 1.62 bits per heavy atom. The van der Waals surface area contributed by atoms with Crippen LogP contribution in [0.2, 0.25) is 18.1 Å². The predicted molar refractivity (Wildman–Crippen MR) is 158 cm³/mol. The Balaban J connectivity index is 2.92. The summed E-state index contributed by atoms with van der Waals surface area (Å²) in [4.78, 5) is 27.8. The summed E-state index contributed by atoms with van der Waals surface area (Å²) < 4.78 is 29.3. The minimum absolute atomic E-state index is 0.398. The van der Waals surface area contributed by atoms with Crippen LogP contribution in [0.3, 0.4) is 0 Å². The van der Waals surface area contributed by atoms with E-state index in [1.807, 2.05) is 33.9 Å². The summed E-state index contributed by atoms with van der Waals surface area (Å²) >= 11 is 0. The van der Waals surface area contributed by atoms with Gasteiger partial charge < -0.3 is 27.8 Å². The van der Waals surface area contributed by atoms with E-state index >= 15 is 0 Å². The lowest BCUT2D eigenvalue weighted by Gasteiger charge is -2.49. The number of carbonyl (C=O) groups is 2. The molecule has 0 aromatic carbocycles. The molecule has 0 aliphatic carbocycles. The SMILES string of the molecule is CC(C)(C)OC(=O)C[C@](O[Si](C)(C)C(C)(C)C)(C(=O)OC(C)(C)C)C(O)(/C=C/c1ccco1)/C=C/c1ccco1. The van der Waals surface area contributed by atoms with Gasteiger partial charge in [0, 0.05) is 0 Å². The first kappa shape index (κ1) is 33.3. The van der Waals surface area contributed by atoms with Crippen molar-refractivity contribution in [3.05, 3.63) is 60.5 Å². The highest BCUT2D eigenvalue weighted by atomic mass is 28.4. The van der Waals surface area contributed by atoms with Gasteiger partial charge in [-0.1, -0.05) is 20.8 Å². The maximum Gasteiger partial charge on any atom is 0.342 e. The van der Waals surface area contributed by atoms with Crippen LogP contribution < -0.4 is 0 Å². The second-order valence-corrected chi connectivity index (χ2v) is 18.2. The first-order valence-corrected chi connectivity index (χ1v) is 16.3. The van der Waals surface area contributed by atoms with E-state index in [9.17, 15) is 14.7 Å². The molecule has 0 aliphatic heterocycles. The van der Waals surface area contributed by atoms with Crippen molar-refractivity contribution in [1.29, 1.82) is 0 Å². The Labute approximate surface area is 239 Å². The fourth-order valence-electron chi connectivity index (χ4n) is 3.58. The van der Waals surface area contributed by atoms with Crippen molar-refractivity contribution in [2.75, 3.05) is 0 Å². The molecule has 0 unspecified atom stereocenters. The standard InChI is InChI=1S/C31H46O8Si/c1-27(2,3)37-25(32)22-31(26(33)38-28(4,5)6,39-40(10,11)29(7,8)9)30(34,18-16-23-14-12-20-35-23)19-17-24-15-13-21-36-24/h12-21,34H,22H2,1-11H3/b18-16+,19-17+/t31-/m0/s1. The molecule has 1 atom stereocenters. The van der Waals surface area contributed by atoms with Crippen molar-refractivity contribution in [3.63, 3.8) is 0 Å². The first-order valence-electron chi connectivity index (χ1n) is 13.4. The molecular weight excluding hydrogens is 528 g/mol. The maximum atomic E-state index is 14.3. The van der Waals surface area contributed by atoms with Gasteiger partial charge in [-0.05, 0) is 108 Å². The van der Waals surface area contributed by atoms with Crippen molar-refractivity contribution in [1.82, 2.24) is 0 Å². The number of furan rings is 2. The topological polar surface area (TPSA) is 108 Å². The van der Waals surface area contributed by atoms with Gasteiger partial charge in [-0.2, -0.15) is 0 Å². The van der Waals surface area contributed by atoms with E-state index in [4.69, 9.17) is 22.7 Å². The van der Waals surface area contributed by atoms with E-state index in [2.05, 4.69) is 0 Å². The fraction of sp³-hybridized carbons (Fsp3) is 0.548. The lowest BCUT2D eigenvalue weighted by atomic mass is 9.78. The average Bonchev–Trinajstić information content (AvgIpc) is 3.46. The molecule has 2 rings (SSSR count). The van der Waals surface area contributed by atoms with Gasteiger partial charge in [0.15, 0.2) is 8.32 Å². The molecule has 0 amide bonds. The van der Waals surface area contributed by atoms with Gasteiger partial charge in [0.2, 0.25) is 5.60 Å². The van der Waals surface area contributed by atoms with Gasteiger partial charge in [0.05, 0.1) is 18.9 Å². The third-order valence-electron chi connectivity index (χ3n) is 6.51. The monoisotopic (exact) mass is 574 g/mol. The molecule has 222 valence electrons. The Hall–Kier alpha value is -2.88. The van der Waals surface area contributed by atoms with Crippen molar-refractivity contribution in [3.8, 4) is 0 Å². The van der Waals surface area contributed by atoms with Crippen LogP contribution in [0.5, 0.6) is 0 Å². The van der Waals surface area contributed by atoms with Crippen LogP contribution in [0.1, 0.15) is 80.3 Å². The Kier molecular flexibility index (Phi) is 9.93. The molecule has 2 aromatic heterocycles. The molecule has 0 saturated carbocycles. The summed E-state index contributed by atoms with van der Waals surface area (Å²) in [5.74, 6) is -0.778. The quantitative estimate of drug-likeness (QED) is 0.235. The van der Waals surface area contributed by atoms with E-state index in [1.54, 1.807) is 65.8 Å². The van der Waals surface area contributed by atoms with Crippen LogP contribution in [-0.2, 0) is 23.5 Å². The second kappa shape index (κ2) is 11.9. The second-order valence-electron chi connectivity index (χ2n) is 13.5. The van der Waals surface area contributed by atoms with Crippen LogP contribution >= 0.6 is 0 Å². The van der Waals surface area contributed by atoms with Crippen molar-refractivity contribution < 1.29 is 37.4 Å². The van der Waals surface area contributed by atoms with Crippen LogP contribution in [0, 0.1) is 0 Å². The lowest BCUT2D eigenvalue weighted by Crippen LogP contribution is -2.66.